The van der Waals surface area contributed by atoms with Crippen LogP contribution in [0.5, 0.6) is 5.75 Å². The van der Waals surface area contributed by atoms with Crippen molar-refractivity contribution in [3.63, 3.8) is 0 Å². The highest BCUT2D eigenvalue weighted by Crippen LogP contribution is 2.41. The van der Waals surface area contributed by atoms with Crippen LogP contribution in [0.3, 0.4) is 0 Å². The Balaban J connectivity index is 1.91. The topological polar surface area (TPSA) is 58.6 Å². The van der Waals surface area contributed by atoms with E-state index in [1.807, 2.05) is 36.1 Å². The number of methoxy groups -OCH3 is 1. The third-order valence-electron chi connectivity index (χ3n) is 5.96. The molecule has 0 radical (unpaired) electrons. The van der Waals surface area contributed by atoms with Gasteiger partial charge in [0.25, 0.3) is 0 Å². The molecule has 31 heavy (non-hydrogen) atoms. The number of piperidine rings is 1. The summed E-state index contributed by atoms with van der Waals surface area (Å²) in [6, 6.07) is 13.1. The predicted molar refractivity (Wildman–Crippen MR) is 118 cm³/mol. The van der Waals surface area contributed by atoms with E-state index in [9.17, 15) is 14.0 Å². The summed E-state index contributed by atoms with van der Waals surface area (Å²) >= 11 is 0. The Morgan fingerprint density at radius 1 is 1.26 bits per heavy atom. The van der Waals surface area contributed by atoms with E-state index in [-0.39, 0.29) is 23.7 Å². The lowest BCUT2D eigenvalue weighted by atomic mass is 9.82. The Morgan fingerprint density at radius 3 is 2.74 bits per heavy atom. The number of carbonyl (C=O) groups excluding carboxylic acids is 2. The number of ether oxygens (including phenoxy) is 1. The molecule has 2 amide bonds. The van der Waals surface area contributed by atoms with Crippen LogP contribution in [0.15, 0.2) is 48.5 Å². The van der Waals surface area contributed by atoms with Crippen molar-refractivity contribution in [1.82, 2.24) is 10.2 Å². The number of para-hydroxylation sites is 1. The van der Waals surface area contributed by atoms with Crippen molar-refractivity contribution in [2.45, 2.75) is 51.6 Å². The molecule has 6 heteroatoms. The molecule has 0 aliphatic carbocycles. The summed E-state index contributed by atoms with van der Waals surface area (Å²) in [5.74, 6) is -0.158. The average Bonchev–Trinajstić information content (AvgIpc) is 2.77. The first kappa shape index (κ1) is 22.8. The molecule has 3 unspecified atom stereocenters. The van der Waals surface area contributed by atoms with Crippen LogP contribution in [0.4, 0.5) is 4.39 Å². The fraction of sp³-hybridized carbons (Fsp3) is 0.440. The maximum Gasteiger partial charge on any atom is 0.226 e. The lowest BCUT2D eigenvalue weighted by Crippen LogP contribution is -2.48. The minimum Gasteiger partial charge on any atom is -0.496 e. The zero-order chi connectivity index (χ0) is 22.4. The first-order valence-electron chi connectivity index (χ1n) is 10.9. The monoisotopic (exact) mass is 426 g/mol. The van der Waals surface area contributed by atoms with Gasteiger partial charge in [0.1, 0.15) is 11.6 Å². The number of amides is 2. The van der Waals surface area contributed by atoms with Gasteiger partial charge in [-0.2, -0.15) is 0 Å². The van der Waals surface area contributed by atoms with Crippen molar-refractivity contribution in [3.05, 3.63) is 65.5 Å². The Bertz CT molecular complexity index is 917. The van der Waals surface area contributed by atoms with Gasteiger partial charge in [-0.05, 0) is 43.5 Å². The van der Waals surface area contributed by atoms with Gasteiger partial charge in [0.15, 0.2) is 0 Å². The van der Waals surface area contributed by atoms with Crippen molar-refractivity contribution in [1.29, 1.82) is 0 Å². The molecule has 3 atom stereocenters. The molecule has 0 saturated carbocycles. The summed E-state index contributed by atoms with van der Waals surface area (Å²) in [6.45, 7) is 4.52. The van der Waals surface area contributed by atoms with Gasteiger partial charge < -0.3 is 15.0 Å². The van der Waals surface area contributed by atoms with Crippen molar-refractivity contribution in [3.8, 4) is 5.75 Å². The maximum absolute atomic E-state index is 13.6. The highest BCUT2D eigenvalue weighted by molar-refractivity contribution is 5.85. The summed E-state index contributed by atoms with van der Waals surface area (Å²) < 4.78 is 19.2. The van der Waals surface area contributed by atoms with E-state index in [0.29, 0.717) is 30.7 Å². The number of halogens is 1. The van der Waals surface area contributed by atoms with Crippen LogP contribution < -0.4 is 10.1 Å². The number of likely N-dealkylation sites (tertiary alicyclic amines) is 1. The van der Waals surface area contributed by atoms with E-state index in [1.165, 1.54) is 12.1 Å². The Kier molecular flexibility index (Phi) is 7.66. The fourth-order valence-electron chi connectivity index (χ4n) is 4.29. The molecule has 1 heterocycles. The minimum atomic E-state index is -0.415. The number of nitrogens with zero attached hydrogens (tertiary/aromatic N) is 1. The van der Waals surface area contributed by atoms with Crippen molar-refractivity contribution in [2.75, 3.05) is 13.7 Å². The number of unbranched alkanes of at least 4 members (excludes halogenated alkanes) is 1. The van der Waals surface area contributed by atoms with Crippen LogP contribution in [0, 0.1) is 11.7 Å². The minimum absolute atomic E-state index is 0.0617. The van der Waals surface area contributed by atoms with Gasteiger partial charge in [-0.25, -0.2) is 4.39 Å². The van der Waals surface area contributed by atoms with E-state index >= 15 is 0 Å². The molecule has 1 aliphatic rings. The van der Waals surface area contributed by atoms with Crippen LogP contribution in [0.1, 0.15) is 62.7 Å². The molecule has 2 aromatic carbocycles. The molecule has 0 bridgehead atoms. The Morgan fingerprint density at radius 2 is 2.03 bits per heavy atom. The first-order chi connectivity index (χ1) is 15.0. The van der Waals surface area contributed by atoms with Gasteiger partial charge in [0.2, 0.25) is 11.8 Å². The zero-order valence-electron chi connectivity index (χ0n) is 18.4. The van der Waals surface area contributed by atoms with E-state index in [4.69, 9.17) is 4.74 Å². The molecular formula is C25H31FN2O3. The van der Waals surface area contributed by atoms with E-state index in [1.54, 1.807) is 19.2 Å². The van der Waals surface area contributed by atoms with Crippen LogP contribution in [0.25, 0.3) is 0 Å². The normalized spacial score (nSPS) is 19.7. The second kappa shape index (κ2) is 10.4. The quantitative estimate of drug-likeness (QED) is 0.660. The van der Waals surface area contributed by atoms with Gasteiger partial charge >= 0.3 is 0 Å². The standard InChI is InChI=1S/C25H31FN2O3/c1-4-5-15-28-23(29)14-13-21(24(28)20-11-6-7-12-22(20)31-3)25(30)27-17(2)18-9-8-10-19(26)16-18/h6-12,16-17,21,24H,4-5,13-15H2,1-3H3,(H,27,30). The molecule has 1 saturated heterocycles. The molecule has 166 valence electrons. The number of nitrogens with one attached hydrogen (secondary N) is 1. The number of carbonyl (C=O) groups is 2. The highest BCUT2D eigenvalue weighted by atomic mass is 19.1. The molecule has 2 aromatic rings. The van der Waals surface area contributed by atoms with Gasteiger partial charge in [-0.3, -0.25) is 9.59 Å². The molecule has 1 fully saturated rings. The Hall–Kier alpha value is -2.89. The van der Waals surface area contributed by atoms with Crippen LogP contribution in [-0.2, 0) is 9.59 Å². The summed E-state index contributed by atoms with van der Waals surface area (Å²) in [7, 11) is 1.60. The second-order valence-corrected chi connectivity index (χ2v) is 8.06. The number of rotatable bonds is 8. The third kappa shape index (κ3) is 5.24. The summed E-state index contributed by atoms with van der Waals surface area (Å²) in [5.41, 5.74) is 1.55. The van der Waals surface area contributed by atoms with Crippen molar-refractivity contribution < 1.29 is 18.7 Å². The zero-order valence-corrected chi connectivity index (χ0v) is 18.4. The van der Waals surface area contributed by atoms with Crippen LogP contribution in [-0.4, -0.2) is 30.4 Å². The number of benzene rings is 2. The van der Waals surface area contributed by atoms with E-state index in [0.717, 1.165) is 18.4 Å². The summed E-state index contributed by atoms with van der Waals surface area (Å²) in [5, 5.41) is 3.04. The largest absolute Gasteiger partial charge is 0.496 e. The lowest BCUT2D eigenvalue weighted by molar-refractivity contribution is -0.143. The summed E-state index contributed by atoms with van der Waals surface area (Å²) in [4.78, 5) is 28.1. The van der Waals surface area contributed by atoms with E-state index < -0.39 is 12.0 Å². The van der Waals surface area contributed by atoms with Crippen molar-refractivity contribution in [2.24, 2.45) is 5.92 Å². The molecule has 1 N–H and O–H groups in total. The molecular weight excluding hydrogens is 395 g/mol. The van der Waals surface area contributed by atoms with Crippen LogP contribution in [0.2, 0.25) is 0 Å². The molecule has 0 spiro atoms. The molecule has 3 rings (SSSR count). The van der Waals surface area contributed by atoms with Crippen LogP contribution >= 0.6 is 0 Å². The number of hydrogen-bond donors (Lipinski definition) is 1. The fourth-order valence-corrected chi connectivity index (χ4v) is 4.29. The van der Waals surface area contributed by atoms with Gasteiger partial charge in [-0.15, -0.1) is 0 Å². The molecule has 5 nitrogen and oxygen atoms in total. The third-order valence-corrected chi connectivity index (χ3v) is 5.96. The SMILES string of the molecule is CCCCN1C(=O)CCC(C(=O)NC(C)c2cccc(F)c2)C1c1ccccc1OC. The molecule has 0 aromatic heterocycles. The Labute approximate surface area is 183 Å². The lowest BCUT2D eigenvalue weighted by Gasteiger charge is -2.41. The second-order valence-electron chi connectivity index (χ2n) is 8.06. The average molecular weight is 427 g/mol. The number of hydrogen-bond acceptors (Lipinski definition) is 3. The maximum atomic E-state index is 13.6. The van der Waals surface area contributed by atoms with Gasteiger partial charge in [0.05, 0.1) is 25.1 Å². The molecule has 1 aliphatic heterocycles. The van der Waals surface area contributed by atoms with Gasteiger partial charge in [0, 0.05) is 18.5 Å². The first-order valence-corrected chi connectivity index (χ1v) is 10.9. The highest BCUT2D eigenvalue weighted by Gasteiger charge is 2.41. The summed E-state index contributed by atoms with van der Waals surface area (Å²) in [6.07, 6.45) is 2.62. The van der Waals surface area contributed by atoms with Crippen molar-refractivity contribution >= 4 is 11.8 Å². The predicted octanol–water partition coefficient (Wildman–Crippen LogP) is 4.79. The van der Waals surface area contributed by atoms with Gasteiger partial charge in [-0.1, -0.05) is 43.7 Å². The van der Waals surface area contributed by atoms with E-state index in [2.05, 4.69) is 12.2 Å². The smallest absolute Gasteiger partial charge is 0.226 e.